The summed E-state index contributed by atoms with van der Waals surface area (Å²) >= 11 is 0. The molecule has 1 aromatic carbocycles. The number of non-ortho nitro benzene ring substituents is 1. The van der Waals surface area contributed by atoms with Gasteiger partial charge >= 0.3 is 0 Å². The Balaban J connectivity index is 2.54. The molecule has 2 N–H and O–H groups in total. The standard InChI is InChI=1S/C13H17N3O4/c1-3-14-13(18)9(2)15-12(17)8-10-4-6-11(7-5-10)16(19)20/h4-7,9H,3,8H2,1-2H3,(H,14,18)(H,15,17)/t9-/m1/s1. The predicted molar refractivity (Wildman–Crippen MR) is 73.1 cm³/mol. The van der Waals surface area contributed by atoms with Gasteiger partial charge in [0, 0.05) is 18.7 Å². The molecule has 2 amide bonds. The summed E-state index contributed by atoms with van der Waals surface area (Å²) in [5.41, 5.74) is 0.626. The highest BCUT2D eigenvalue weighted by molar-refractivity contribution is 5.88. The van der Waals surface area contributed by atoms with Crippen LogP contribution in [0.25, 0.3) is 0 Å². The molecule has 0 bridgehead atoms. The summed E-state index contributed by atoms with van der Waals surface area (Å²) in [6.07, 6.45) is 0.0712. The zero-order valence-corrected chi connectivity index (χ0v) is 11.4. The molecule has 0 saturated carbocycles. The van der Waals surface area contributed by atoms with Gasteiger partial charge in [-0.2, -0.15) is 0 Å². The average molecular weight is 279 g/mol. The smallest absolute Gasteiger partial charge is 0.269 e. The topological polar surface area (TPSA) is 101 Å². The van der Waals surface area contributed by atoms with Crippen LogP contribution >= 0.6 is 0 Å². The van der Waals surface area contributed by atoms with Gasteiger partial charge in [0.05, 0.1) is 11.3 Å². The minimum atomic E-state index is -0.611. The number of hydrogen-bond donors (Lipinski definition) is 2. The van der Waals surface area contributed by atoms with Gasteiger partial charge in [0.25, 0.3) is 5.69 Å². The third kappa shape index (κ3) is 4.68. The van der Waals surface area contributed by atoms with Crippen molar-refractivity contribution in [3.63, 3.8) is 0 Å². The largest absolute Gasteiger partial charge is 0.355 e. The van der Waals surface area contributed by atoms with Crippen molar-refractivity contribution in [1.82, 2.24) is 10.6 Å². The number of likely N-dealkylation sites (N-methyl/N-ethyl adjacent to an activating group) is 1. The summed E-state index contributed by atoms with van der Waals surface area (Å²) in [5.74, 6) is -0.554. The molecule has 0 fully saturated rings. The van der Waals surface area contributed by atoms with E-state index < -0.39 is 11.0 Å². The fourth-order valence-corrected chi connectivity index (χ4v) is 1.61. The van der Waals surface area contributed by atoms with Crippen LogP contribution in [0.4, 0.5) is 5.69 Å². The maximum atomic E-state index is 11.7. The van der Waals surface area contributed by atoms with Gasteiger partial charge < -0.3 is 10.6 Å². The maximum absolute atomic E-state index is 11.7. The van der Waals surface area contributed by atoms with Gasteiger partial charge in [-0.15, -0.1) is 0 Å². The van der Waals surface area contributed by atoms with E-state index in [0.717, 1.165) is 0 Å². The summed E-state index contributed by atoms with van der Waals surface area (Å²) in [5, 5.41) is 15.7. The summed E-state index contributed by atoms with van der Waals surface area (Å²) < 4.78 is 0. The van der Waals surface area contributed by atoms with Gasteiger partial charge in [-0.3, -0.25) is 19.7 Å². The molecule has 0 saturated heterocycles. The highest BCUT2D eigenvalue weighted by atomic mass is 16.6. The Morgan fingerprint density at radius 2 is 1.90 bits per heavy atom. The number of nitrogens with one attached hydrogen (secondary N) is 2. The Bertz CT molecular complexity index is 499. The SMILES string of the molecule is CCNC(=O)[C@@H](C)NC(=O)Cc1ccc([N+](=O)[O-])cc1. The molecule has 1 rings (SSSR count). The number of rotatable bonds is 6. The van der Waals surface area contributed by atoms with Crippen LogP contribution in [0.15, 0.2) is 24.3 Å². The molecule has 7 heteroatoms. The highest BCUT2D eigenvalue weighted by Crippen LogP contribution is 2.12. The number of nitro benzene ring substituents is 1. The number of carbonyl (C=O) groups excluding carboxylic acids is 2. The van der Waals surface area contributed by atoms with Gasteiger partial charge in [0.15, 0.2) is 0 Å². The maximum Gasteiger partial charge on any atom is 0.269 e. The number of benzene rings is 1. The van der Waals surface area contributed by atoms with Gasteiger partial charge in [0.2, 0.25) is 11.8 Å². The van der Waals surface area contributed by atoms with Gasteiger partial charge in [0.1, 0.15) is 6.04 Å². The van der Waals surface area contributed by atoms with Crippen molar-refractivity contribution in [2.75, 3.05) is 6.54 Å². The van der Waals surface area contributed by atoms with Crippen LogP contribution < -0.4 is 10.6 Å². The van der Waals surface area contributed by atoms with Crippen molar-refractivity contribution >= 4 is 17.5 Å². The lowest BCUT2D eigenvalue weighted by Crippen LogP contribution is -2.45. The van der Waals surface area contributed by atoms with Crippen LogP contribution in [0.2, 0.25) is 0 Å². The van der Waals surface area contributed by atoms with E-state index in [1.807, 2.05) is 0 Å². The van der Waals surface area contributed by atoms with Crippen LogP contribution in [0.3, 0.4) is 0 Å². The van der Waals surface area contributed by atoms with Crippen molar-refractivity contribution < 1.29 is 14.5 Å². The first-order chi connectivity index (χ1) is 9.43. The summed E-state index contributed by atoms with van der Waals surface area (Å²) in [7, 11) is 0. The first-order valence-electron chi connectivity index (χ1n) is 6.24. The van der Waals surface area contributed by atoms with E-state index in [4.69, 9.17) is 0 Å². The van der Waals surface area contributed by atoms with Crippen LogP contribution in [-0.2, 0) is 16.0 Å². The number of hydrogen-bond acceptors (Lipinski definition) is 4. The van der Waals surface area contributed by atoms with Crippen molar-refractivity contribution in [2.45, 2.75) is 26.3 Å². The van der Waals surface area contributed by atoms with Crippen LogP contribution in [0, 0.1) is 10.1 Å². The zero-order valence-electron chi connectivity index (χ0n) is 11.4. The minimum Gasteiger partial charge on any atom is -0.355 e. The van der Waals surface area contributed by atoms with Crippen molar-refractivity contribution in [2.24, 2.45) is 0 Å². The molecule has 0 aliphatic carbocycles. The Kier molecular flexibility index (Phi) is 5.64. The Labute approximate surface area is 116 Å². The molecule has 1 aromatic rings. The van der Waals surface area contributed by atoms with Gasteiger partial charge in [-0.25, -0.2) is 0 Å². The summed E-state index contributed by atoms with van der Waals surface area (Å²) in [6, 6.07) is 5.12. The summed E-state index contributed by atoms with van der Waals surface area (Å²) in [6.45, 7) is 3.89. The number of carbonyl (C=O) groups is 2. The van der Waals surface area contributed by atoms with Gasteiger partial charge in [-0.1, -0.05) is 12.1 Å². The Hall–Kier alpha value is -2.44. The molecule has 0 unspecified atom stereocenters. The molecule has 20 heavy (non-hydrogen) atoms. The predicted octanol–water partition coefficient (Wildman–Crippen LogP) is 0.778. The molecule has 7 nitrogen and oxygen atoms in total. The minimum absolute atomic E-state index is 0.0233. The average Bonchev–Trinajstić information content (AvgIpc) is 2.39. The third-order valence-electron chi connectivity index (χ3n) is 2.63. The number of nitro groups is 1. The number of nitrogens with zero attached hydrogens (tertiary/aromatic N) is 1. The second-order valence-corrected chi connectivity index (χ2v) is 4.28. The zero-order chi connectivity index (χ0) is 15.1. The molecule has 0 spiro atoms. The van der Waals surface area contributed by atoms with E-state index >= 15 is 0 Å². The fraction of sp³-hybridized carbons (Fsp3) is 0.385. The monoisotopic (exact) mass is 279 g/mol. The van der Waals surface area contributed by atoms with Crippen molar-refractivity contribution in [3.05, 3.63) is 39.9 Å². The second-order valence-electron chi connectivity index (χ2n) is 4.28. The lowest BCUT2D eigenvalue weighted by molar-refractivity contribution is -0.384. The molecular formula is C13H17N3O4. The third-order valence-corrected chi connectivity index (χ3v) is 2.63. The van der Waals surface area contributed by atoms with Crippen LogP contribution in [-0.4, -0.2) is 29.3 Å². The van der Waals surface area contributed by atoms with E-state index in [1.54, 1.807) is 13.8 Å². The van der Waals surface area contributed by atoms with E-state index in [-0.39, 0.29) is 23.9 Å². The van der Waals surface area contributed by atoms with Crippen LogP contribution in [0.5, 0.6) is 0 Å². The molecule has 0 heterocycles. The first-order valence-corrected chi connectivity index (χ1v) is 6.24. The Morgan fingerprint density at radius 3 is 2.40 bits per heavy atom. The molecular weight excluding hydrogens is 262 g/mol. The van der Waals surface area contributed by atoms with E-state index in [9.17, 15) is 19.7 Å². The quantitative estimate of drug-likeness (QED) is 0.593. The molecule has 0 radical (unpaired) electrons. The lowest BCUT2D eigenvalue weighted by Gasteiger charge is -2.13. The Morgan fingerprint density at radius 1 is 1.30 bits per heavy atom. The molecule has 0 aromatic heterocycles. The van der Waals surface area contributed by atoms with Gasteiger partial charge in [-0.05, 0) is 19.4 Å². The molecule has 1 atom stereocenters. The van der Waals surface area contributed by atoms with E-state index in [0.29, 0.717) is 12.1 Å². The fourth-order valence-electron chi connectivity index (χ4n) is 1.61. The summed E-state index contributed by atoms with van der Waals surface area (Å²) in [4.78, 5) is 33.2. The molecule has 108 valence electrons. The second kappa shape index (κ2) is 7.22. The number of amides is 2. The molecule has 0 aliphatic heterocycles. The highest BCUT2D eigenvalue weighted by Gasteiger charge is 2.15. The lowest BCUT2D eigenvalue weighted by atomic mass is 10.1. The molecule has 0 aliphatic rings. The van der Waals surface area contributed by atoms with Crippen molar-refractivity contribution in [3.8, 4) is 0 Å². The van der Waals surface area contributed by atoms with E-state index in [2.05, 4.69) is 10.6 Å². The van der Waals surface area contributed by atoms with Crippen molar-refractivity contribution in [1.29, 1.82) is 0 Å². The van der Waals surface area contributed by atoms with E-state index in [1.165, 1.54) is 24.3 Å². The normalized spacial score (nSPS) is 11.5. The van der Waals surface area contributed by atoms with Crippen LogP contribution in [0.1, 0.15) is 19.4 Å². The first kappa shape index (κ1) is 15.6.